The first-order chi connectivity index (χ1) is 13.8. The van der Waals surface area contributed by atoms with Crippen LogP contribution in [0.4, 0.5) is 0 Å². The van der Waals surface area contributed by atoms with Crippen LogP contribution in [-0.4, -0.2) is 63.3 Å². The Morgan fingerprint density at radius 2 is 2.29 bits per heavy atom. The lowest BCUT2D eigenvalue weighted by atomic mass is 10.1. The topological polar surface area (TPSA) is 77.2 Å². The van der Waals surface area contributed by atoms with Gasteiger partial charge in [-0.1, -0.05) is 0 Å². The quantitative estimate of drug-likeness (QED) is 0.555. The number of piperidine rings is 1. The van der Waals surface area contributed by atoms with Gasteiger partial charge in [-0.15, -0.1) is 11.8 Å². The van der Waals surface area contributed by atoms with Crippen molar-refractivity contribution in [3.8, 4) is 17.1 Å². The molecule has 0 radical (unpaired) electrons. The molecule has 0 saturated carbocycles. The van der Waals surface area contributed by atoms with E-state index >= 15 is 0 Å². The molecule has 3 N–H and O–H groups in total. The highest BCUT2D eigenvalue weighted by atomic mass is 32.2. The number of hydrogen-bond donors (Lipinski definition) is 3. The Kier molecular flexibility index (Phi) is 5.05. The van der Waals surface area contributed by atoms with Gasteiger partial charge in [-0.05, 0) is 50.4 Å². The van der Waals surface area contributed by atoms with E-state index in [-0.39, 0.29) is 6.10 Å². The van der Waals surface area contributed by atoms with Gasteiger partial charge in [0, 0.05) is 35.8 Å². The predicted octanol–water partition coefficient (Wildman–Crippen LogP) is 3.43. The zero-order valence-corrected chi connectivity index (χ0v) is 16.7. The molecule has 4 heterocycles. The maximum atomic E-state index is 9.75. The van der Waals surface area contributed by atoms with Crippen LogP contribution in [0.3, 0.4) is 0 Å². The third-order valence-corrected chi connectivity index (χ3v) is 6.74. The Balaban J connectivity index is 1.22. The number of hydrogen-bond acceptors (Lipinski definition) is 5. The summed E-state index contributed by atoms with van der Waals surface area (Å²) in [5.41, 5.74) is 4.41. The molecule has 1 atom stereocenters. The van der Waals surface area contributed by atoms with E-state index in [4.69, 9.17) is 4.74 Å². The van der Waals surface area contributed by atoms with E-state index in [9.17, 15) is 5.11 Å². The number of nitrogens with one attached hydrogen (secondary N) is 2. The smallest absolute Gasteiger partial charge is 0.122 e. The van der Waals surface area contributed by atoms with E-state index in [1.165, 1.54) is 16.0 Å². The molecule has 2 aromatic heterocycles. The summed E-state index contributed by atoms with van der Waals surface area (Å²) in [6.45, 7) is 3.55. The number of thioether (sulfide) groups is 1. The fourth-order valence-electron chi connectivity index (χ4n) is 4.17. The van der Waals surface area contributed by atoms with Gasteiger partial charge in [0.1, 0.15) is 11.4 Å². The lowest BCUT2D eigenvalue weighted by molar-refractivity contribution is 0.0679. The Morgan fingerprint density at radius 1 is 1.32 bits per heavy atom. The second-order valence-electron chi connectivity index (χ2n) is 7.71. The fourth-order valence-corrected chi connectivity index (χ4v) is 5.29. The summed E-state index contributed by atoms with van der Waals surface area (Å²) < 4.78 is 5.97. The van der Waals surface area contributed by atoms with Crippen LogP contribution in [0, 0.1) is 0 Å². The molecule has 7 heteroatoms. The molecule has 0 spiro atoms. The van der Waals surface area contributed by atoms with E-state index in [0.29, 0.717) is 6.61 Å². The molecule has 3 aromatic rings. The summed E-state index contributed by atoms with van der Waals surface area (Å²) >= 11 is 1.88. The van der Waals surface area contributed by atoms with Gasteiger partial charge < -0.3 is 19.7 Å². The summed E-state index contributed by atoms with van der Waals surface area (Å²) in [5, 5.41) is 18.6. The number of likely N-dealkylation sites (tertiary alicyclic amines) is 1. The van der Waals surface area contributed by atoms with Gasteiger partial charge in [0.05, 0.1) is 29.0 Å². The van der Waals surface area contributed by atoms with Crippen LogP contribution in [0.2, 0.25) is 0 Å². The first kappa shape index (κ1) is 18.1. The number of ether oxygens (including phenoxy) is 1. The second-order valence-corrected chi connectivity index (χ2v) is 8.81. The minimum atomic E-state index is -0.159. The lowest BCUT2D eigenvalue weighted by Gasteiger charge is -2.29. The highest BCUT2D eigenvalue weighted by molar-refractivity contribution is 7.99. The van der Waals surface area contributed by atoms with Gasteiger partial charge in [0.2, 0.25) is 0 Å². The van der Waals surface area contributed by atoms with E-state index in [0.717, 1.165) is 73.7 Å². The summed E-state index contributed by atoms with van der Waals surface area (Å²) in [4.78, 5) is 7.12. The molecule has 0 amide bonds. The molecule has 1 unspecified atom stereocenters. The molecule has 0 bridgehead atoms. The predicted molar refractivity (Wildman–Crippen MR) is 112 cm³/mol. The number of benzene rings is 1. The number of aromatic amines is 2. The molecule has 1 saturated heterocycles. The van der Waals surface area contributed by atoms with Crippen molar-refractivity contribution in [2.75, 3.05) is 32.0 Å². The van der Waals surface area contributed by atoms with Crippen molar-refractivity contribution in [2.45, 2.75) is 36.7 Å². The number of nitrogens with zero attached hydrogens (tertiary/aromatic N) is 2. The van der Waals surface area contributed by atoms with Crippen LogP contribution in [0.15, 0.2) is 29.2 Å². The number of rotatable bonds is 6. The number of aliphatic hydroxyl groups is 1. The number of H-pyrrole nitrogens is 2. The summed E-state index contributed by atoms with van der Waals surface area (Å²) in [5.74, 6) is 2.02. The number of aliphatic hydroxyl groups excluding tert-OH is 1. The maximum absolute atomic E-state index is 9.75. The molecule has 2 aliphatic heterocycles. The van der Waals surface area contributed by atoms with E-state index in [2.05, 4.69) is 38.3 Å². The number of aromatic nitrogens is 3. The zero-order valence-electron chi connectivity index (χ0n) is 15.9. The van der Waals surface area contributed by atoms with Gasteiger partial charge in [-0.2, -0.15) is 5.10 Å². The first-order valence-corrected chi connectivity index (χ1v) is 11.1. The zero-order chi connectivity index (χ0) is 18.9. The molecular formula is C21H26N4O2S. The first-order valence-electron chi connectivity index (χ1n) is 10.1. The normalized spacial score (nSPS) is 20.0. The van der Waals surface area contributed by atoms with Gasteiger partial charge in [-0.3, -0.25) is 5.10 Å². The SMILES string of the molecule is OC1CCCN(CCCOc2ccc3cc(-c4n[nH]c5c4SCC5)[nH]c3c2)C1. The molecule has 6 nitrogen and oxygen atoms in total. The number of aryl methyl sites for hydroxylation is 1. The van der Waals surface area contributed by atoms with Gasteiger partial charge in [-0.25, -0.2) is 0 Å². The van der Waals surface area contributed by atoms with E-state index < -0.39 is 0 Å². The fraction of sp³-hybridized carbons (Fsp3) is 0.476. The third kappa shape index (κ3) is 3.66. The largest absolute Gasteiger partial charge is 0.493 e. The number of fused-ring (bicyclic) bond motifs is 2. The second kappa shape index (κ2) is 7.81. The van der Waals surface area contributed by atoms with Gasteiger partial charge >= 0.3 is 0 Å². The van der Waals surface area contributed by atoms with Crippen molar-refractivity contribution in [3.05, 3.63) is 30.0 Å². The molecular weight excluding hydrogens is 372 g/mol. The van der Waals surface area contributed by atoms with Crippen LogP contribution in [-0.2, 0) is 6.42 Å². The minimum Gasteiger partial charge on any atom is -0.493 e. The molecule has 148 valence electrons. The lowest BCUT2D eigenvalue weighted by Crippen LogP contribution is -2.39. The summed E-state index contributed by atoms with van der Waals surface area (Å²) in [6.07, 6.45) is 3.91. The molecule has 28 heavy (non-hydrogen) atoms. The van der Waals surface area contributed by atoms with Gasteiger partial charge in [0.25, 0.3) is 0 Å². The summed E-state index contributed by atoms with van der Waals surface area (Å²) in [7, 11) is 0. The Hall–Kier alpha value is -1.96. The van der Waals surface area contributed by atoms with Crippen molar-refractivity contribution in [3.63, 3.8) is 0 Å². The monoisotopic (exact) mass is 398 g/mol. The molecule has 1 aromatic carbocycles. The van der Waals surface area contributed by atoms with Crippen LogP contribution >= 0.6 is 11.8 Å². The maximum Gasteiger partial charge on any atom is 0.122 e. The van der Waals surface area contributed by atoms with Gasteiger partial charge in [0.15, 0.2) is 0 Å². The van der Waals surface area contributed by atoms with Crippen molar-refractivity contribution < 1.29 is 9.84 Å². The molecule has 1 fully saturated rings. The highest BCUT2D eigenvalue weighted by Crippen LogP contribution is 2.38. The van der Waals surface area contributed by atoms with E-state index in [1.54, 1.807) is 0 Å². The van der Waals surface area contributed by atoms with Crippen molar-refractivity contribution in [1.29, 1.82) is 0 Å². The number of β-amino-alcohol motifs (C(OH)–C–C–N with tert-alkyl or cyclic N) is 1. The standard InChI is InChI=1S/C21H26N4O2S/c26-15-3-1-7-25(13-15)8-2-9-27-16-5-4-14-11-19(22-18(14)12-16)20-21-17(23-24-20)6-10-28-21/h4-5,11-12,15,22,26H,1-3,6-10,13H2,(H,23,24). The van der Waals surface area contributed by atoms with Crippen LogP contribution in [0.5, 0.6) is 5.75 Å². The third-order valence-electron chi connectivity index (χ3n) is 5.61. The molecule has 2 aliphatic rings. The molecule has 5 rings (SSSR count). The van der Waals surface area contributed by atoms with Crippen LogP contribution in [0.25, 0.3) is 22.3 Å². The van der Waals surface area contributed by atoms with Crippen LogP contribution < -0.4 is 4.74 Å². The molecule has 0 aliphatic carbocycles. The minimum absolute atomic E-state index is 0.159. The Bertz CT molecular complexity index is 967. The summed E-state index contributed by atoms with van der Waals surface area (Å²) in [6, 6.07) is 8.37. The van der Waals surface area contributed by atoms with Crippen LogP contribution in [0.1, 0.15) is 25.0 Å². The van der Waals surface area contributed by atoms with E-state index in [1.807, 2.05) is 17.8 Å². The average molecular weight is 399 g/mol. The average Bonchev–Trinajstić information content (AvgIpc) is 3.39. The Morgan fingerprint density at radius 3 is 3.21 bits per heavy atom. The highest BCUT2D eigenvalue weighted by Gasteiger charge is 2.21. The van der Waals surface area contributed by atoms with Crippen molar-refractivity contribution in [2.24, 2.45) is 0 Å². The van der Waals surface area contributed by atoms with Crippen molar-refractivity contribution in [1.82, 2.24) is 20.1 Å². The Labute approximate surface area is 168 Å². The van der Waals surface area contributed by atoms with Crippen molar-refractivity contribution >= 4 is 22.7 Å².